The topological polar surface area (TPSA) is 50.7 Å². The number of nitrogens with zero attached hydrogens (tertiary/aromatic N) is 2. The molecule has 0 radical (unpaired) electrons. The Kier molecular flexibility index (Phi) is 1.96. The molecule has 0 aliphatic carbocycles. The Balaban J connectivity index is 2.25. The second-order valence-electron chi connectivity index (χ2n) is 2.77. The molecule has 1 N–H and O–H groups in total. The second-order valence-corrected chi connectivity index (χ2v) is 2.77. The van der Waals surface area contributed by atoms with Crippen LogP contribution in [0, 0.1) is 0 Å². The van der Waals surface area contributed by atoms with E-state index in [2.05, 4.69) is 10.3 Å². The highest BCUT2D eigenvalue weighted by molar-refractivity contribution is 5.14. The predicted octanol–water partition coefficient (Wildman–Crippen LogP) is 0.620. The molecule has 1 heterocycles. The van der Waals surface area contributed by atoms with E-state index in [1.54, 1.807) is 0 Å². The lowest BCUT2D eigenvalue weighted by Gasteiger charge is -1.99. The van der Waals surface area contributed by atoms with Crippen LogP contribution in [-0.4, -0.2) is 15.0 Å². The van der Waals surface area contributed by atoms with Gasteiger partial charge < -0.3 is 0 Å². The van der Waals surface area contributed by atoms with Gasteiger partial charge in [0.2, 0.25) is 0 Å². The van der Waals surface area contributed by atoms with Crippen molar-refractivity contribution < 1.29 is 0 Å². The molecule has 2 aromatic rings. The number of nitrogens with one attached hydrogen (secondary N) is 1. The summed E-state index contributed by atoms with van der Waals surface area (Å²) >= 11 is 0. The molecule has 0 saturated heterocycles. The zero-order chi connectivity index (χ0) is 9.10. The number of rotatable bonds is 2. The molecule has 2 rings (SSSR count). The van der Waals surface area contributed by atoms with E-state index >= 15 is 0 Å². The van der Waals surface area contributed by atoms with E-state index < -0.39 is 0 Å². The lowest BCUT2D eigenvalue weighted by Crippen LogP contribution is -2.16. The van der Waals surface area contributed by atoms with Gasteiger partial charge in [0, 0.05) is 0 Å². The largest absolute Gasteiger partial charge is 0.286 e. The average Bonchev–Trinajstić information content (AvgIpc) is 2.54. The molecule has 0 saturated carbocycles. The standard InChI is InChI=1S/C9H9N3O/c13-9-6-10-11-12(9)7-8-4-2-1-3-5-8/h1-6,11H,7H2. The molecule has 0 atom stereocenters. The zero-order valence-corrected chi connectivity index (χ0v) is 6.97. The van der Waals surface area contributed by atoms with E-state index in [1.807, 2.05) is 30.3 Å². The van der Waals surface area contributed by atoms with Gasteiger partial charge in [-0.3, -0.25) is 4.79 Å². The Bertz CT molecular complexity index is 429. The van der Waals surface area contributed by atoms with Crippen LogP contribution in [0.3, 0.4) is 0 Å². The molecule has 4 heteroatoms. The van der Waals surface area contributed by atoms with Crippen LogP contribution < -0.4 is 5.56 Å². The molecule has 0 aliphatic heterocycles. The zero-order valence-electron chi connectivity index (χ0n) is 6.97. The number of hydrogen-bond acceptors (Lipinski definition) is 2. The van der Waals surface area contributed by atoms with Gasteiger partial charge in [0.15, 0.2) is 0 Å². The smallest absolute Gasteiger partial charge is 0.266 e. The Morgan fingerprint density at radius 1 is 1.31 bits per heavy atom. The van der Waals surface area contributed by atoms with Crippen LogP contribution in [0.15, 0.2) is 41.3 Å². The third-order valence-corrected chi connectivity index (χ3v) is 1.80. The summed E-state index contributed by atoms with van der Waals surface area (Å²) in [6.07, 6.45) is 1.27. The second kappa shape index (κ2) is 3.26. The summed E-state index contributed by atoms with van der Waals surface area (Å²) in [4.78, 5) is 11.1. The van der Waals surface area contributed by atoms with Crippen LogP contribution in [-0.2, 0) is 6.54 Å². The fourth-order valence-electron chi connectivity index (χ4n) is 1.15. The van der Waals surface area contributed by atoms with E-state index in [-0.39, 0.29) is 5.56 Å². The minimum absolute atomic E-state index is 0.108. The molecule has 66 valence electrons. The lowest BCUT2D eigenvalue weighted by molar-refractivity contribution is 0.632. The van der Waals surface area contributed by atoms with Crippen molar-refractivity contribution in [1.29, 1.82) is 0 Å². The molecule has 0 bridgehead atoms. The van der Waals surface area contributed by atoms with Gasteiger partial charge in [0.1, 0.15) is 6.20 Å². The van der Waals surface area contributed by atoms with Crippen molar-refractivity contribution in [2.75, 3.05) is 0 Å². The van der Waals surface area contributed by atoms with Crippen molar-refractivity contribution in [1.82, 2.24) is 15.0 Å². The number of hydrogen-bond donors (Lipinski definition) is 1. The first-order chi connectivity index (χ1) is 6.36. The Labute approximate surface area is 74.8 Å². The van der Waals surface area contributed by atoms with Gasteiger partial charge in [0.25, 0.3) is 5.56 Å². The number of benzene rings is 1. The maximum atomic E-state index is 11.1. The van der Waals surface area contributed by atoms with Gasteiger partial charge in [-0.15, -0.1) is 0 Å². The van der Waals surface area contributed by atoms with Crippen molar-refractivity contribution in [3.8, 4) is 0 Å². The van der Waals surface area contributed by atoms with Crippen LogP contribution in [0.4, 0.5) is 0 Å². The van der Waals surface area contributed by atoms with Crippen LogP contribution in [0.2, 0.25) is 0 Å². The van der Waals surface area contributed by atoms with E-state index in [4.69, 9.17) is 0 Å². The maximum absolute atomic E-state index is 11.1. The Hall–Kier alpha value is -1.84. The maximum Gasteiger partial charge on any atom is 0.286 e. The van der Waals surface area contributed by atoms with Gasteiger partial charge in [-0.1, -0.05) is 30.3 Å². The van der Waals surface area contributed by atoms with Crippen LogP contribution in [0.1, 0.15) is 5.56 Å². The highest BCUT2D eigenvalue weighted by Gasteiger charge is 1.96. The van der Waals surface area contributed by atoms with E-state index in [0.717, 1.165) is 5.56 Å². The third kappa shape index (κ3) is 1.66. The van der Waals surface area contributed by atoms with E-state index in [9.17, 15) is 4.79 Å². The first-order valence-electron chi connectivity index (χ1n) is 4.00. The first-order valence-corrected chi connectivity index (χ1v) is 4.00. The molecule has 0 amide bonds. The third-order valence-electron chi connectivity index (χ3n) is 1.80. The Morgan fingerprint density at radius 3 is 2.69 bits per heavy atom. The monoisotopic (exact) mass is 175 g/mol. The number of aromatic amines is 1. The fraction of sp³-hybridized carbons (Fsp3) is 0.111. The highest BCUT2D eigenvalue weighted by atomic mass is 16.1. The van der Waals surface area contributed by atoms with E-state index in [0.29, 0.717) is 6.54 Å². The van der Waals surface area contributed by atoms with Crippen LogP contribution in [0.25, 0.3) is 0 Å². The average molecular weight is 175 g/mol. The molecule has 1 aromatic heterocycles. The fourth-order valence-corrected chi connectivity index (χ4v) is 1.15. The van der Waals surface area contributed by atoms with Crippen molar-refractivity contribution in [3.63, 3.8) is 0 Å². The number of H-pyrrole nitrogens is 1. The Morgan fingerprint density at radius 2 is 2.08 bits per heavy atom. The molecule has 13 heavy (non-hydrogen) atoms. The molecular formula is C9H9N3O. The SMILES string of the molecule is O=c1cn[nH]n1Cc1ccccc1. The van der Waals surface area contributed by atoms with E-state index in [1.165, 1.54) is 10.9 Å². The van der Waals surface area contributed by atoms with Crippen molar-refractivity contribution >= 4 is 0 Å². The molecule has 0 spiro atoms. The summed E-state index contributed by atoms with van der Waals surface area (Å²) in [5.41, 5.74) is 0.970. The van der Waals surface area contributed by atoms with Crippen molar-refractivity contribution in [2.45, 2.75) is 6.54 Å². The minimum atomic E-state index is -0.108. The summed E-state index contributed by atoms with van der Waals surface area (Å²) in [5, 5.41) is 6.25. The van der Waals surface area contributed by atoms with Crippen LogP contribution in [0.5, 0.6) is 0 Å². The molecule has 1 aromatic carbocycles. The van der Waals surface area contributed by atoms with Gasteiger partial charge in [-0.05, 0) is 5.56 Å². The predicted molar refractivity (Wildman–Crippen MR) is 48.4 cm³/mol. The summed E-state index contributed by atoms with van der Waals surface area (Å²) in [5.74, 6) is 0. The summed E-state index contributed by atoms with van der Waals surface area (Å²) < 4.78 is 1.45. The van der Waals surface area contributed by atoms with Gasteiger partial charge in [0.05, 0.1) is 6.54 Å². The summed E-state index contributed by atoms with van der Waals surface area (Å²) in [6, 6.07) is 9.76. The normalized spacial score (nSPS) is 10.2. The quantitative estimate of drug-likeness (QED) is 0.727. The molecule has 0 unspecified atom stereocenters. The van der Waals surface area contributed by atoms with Gasteiger partial charge >= 0.3 is 0 Å². The summed E-state index contributed by atoms with van der Waals surface area (Å²) in [7, 11) is 0. The van der Waals surface area contributed by atoms with Crippen LogP contribution >= 0.6 is 0 Å². The lowest BCUT2D eigenvalue weighted by atomic mass is 10.2. The highest BCUT2D eigenvalue weighted by Crippen LogP contribution is 1.98. The minimum Gasteiger partial charge on any atom is -0.266 e. The van der Waals surface area contributed by atoms with Gasteiger partial charge in [-0.25, -0.2) is 9.90 Å². The van der Waals surface area contributed by atoms with Crippen molar-refractivity contribution in [3.05, 3.63) is 52.4 Å². The molecule has 0 aliphatic rings. The van der Waals surface area contributed by atoms with Crippen molar-refractivity contribution in [2.24, 2.45) is 0 Å². The summed E-state index contributed by atoms with van der Waals surface area (Å²) in [6.45, 7) is 0.541. The van der Waals surface area contributed by atoms with Gasteiger partial charge in [-0.2, -0.15) is 5.10 Å². The molecule has 4 nitrogen and oxygen atoms in total. The number of aromatic nitrogens is 3. The first kappa shape index (κ1) is 7.79. The molecular weight excluding hydrogens is 166 g/mol. The molecule has 0 fully saturated rings.